The monoisotopic (exact) mass is 298 g/mol. The van der Waals surface area contributed by atoms with Crippen molar-refractivity contribution in [3.63, 3.8) is 0 Å². The quantitative estimate of drug-likeness (QED) is 0.890. The average Bonchev–Trinajstić information content (AvgIpc) is 2.46. The molecule has 0 spiro atoms. The predicted octanol–water partition coefficient (Wildman–Crippen LogP) is 1.63. The molecule has 0 aromatic heterocycles. The zero-order valence-electron chi connectivity index (χ0n) is 11.5. The van der Waals surface area contributed by atoms with Crippen LogP contribution in [-0.4, -0.2) is 37.1 Å². The molecular formula is C14H16F2N2O3. The van der Waals surface area contributed by atoms with Crippen molar-refractivity contribution >= 4 is 17.6 Å². The van der Waals surface area contributed by atoms with Gasteiger partial charge in [0.25, 0.3) is 0 Å². The third-order valence-corrected chi connectivity index (χ3v) is 3.69. The van der Waals surface area contributed by atoms with Crippen molar-refractivity contribution in [3.05, 3.63) is 29.3 Å². The third-order valence-electron chi connectivity index (χ3n) is 3.69. The Balaban J connectivity index is 2.17. The maximum Gasteiger partial charge on any atom is 0.335 e. The van der Waals surface area contributed by atoms with E-state index in [0.29, 0.717) is 25.9 Å². The summed E-state index contributed by atoms with van der Waals surface area (Å²) in [6, 6.07) is 1.62. The van der Waals surface area contributed by atoms with Gasteiger partial charge in [0.2, 0.25) is 5.91 Å². The minimum Gasteiger partial charge on any atom is -0.478 e. The molecule has 1 aliphatic heterocycles. The maximum absolute atomic E-state index is 14.0. The van der Waals surface area contributed by atoms with Gasteiger partial charge < -0.3 is 15.3 Å². The fourth-order valence-electron chi connectivity index (χ4n) is 2.56. The van der Waals surface area contributed by atoms with Crippen LogP contribution in [0.1, 0.15) is 23.2 Å². The van der Waals surface area contributed by atoms with Crippen molar-refractivity contribution in [1.82, 2.24) is 5.32 Å². The highest BCUT2D eigenvalue weighted by Gasteiger charge is 2.27. The van der Waals surface area contributed by atoms with Crippen LogP contribution in [0.4, 0.5) is 14.5 Å². The van der Waals surface area contributed by atoms with E-state index in [1.807, 2.05) is 0 Å². The fraction of sp³-hybridized carbons (Fsp3) is 0.429. The third kappa shape index (κ3) is 3.12. The summed E-state index contributed by atoms with van der Waals surface area (Å²) < 4.78 is 27.9. The zero-order chi connectivity index (χ0) is 15.6. The number of amides is 1. The number of carbonyl (C=O) groups excluding carboxylic acids is 1. The highest BCUT2D eigenvalue weighted by atomic mass is 19.1. The zero-order valence-corrected chi connectivity index (χ0v) is 11.5. The Labute approximate surface area is 120 Å². The SMILES string of the molecule is CNC(=O)C1CCN(c2c(F)cc(C(=O)O)cc2F)CC1. The second kappa shape index (κ2) is 6.07. The van der Waals surface area contributed by atoms with E-state index in [-0.39, 0.29) is 17.5 Å². The molecule has 0 unspecified atom stereocenters. The largest absolute Gasteiger partial charge is 0.478 e. The molecule has 1 fully saturated rings. The summed E-state index contributed by atoms with van der Waals surface area (Å²) in [6.45, 7) is 0.691. The maximum atomic E-state index is 14.0. The van der Waals surface area contributed by atoms with Gasteiger partial charge in [0.1, 0.15) is 17.3 Å². The van der Waals surface area contributed by atoms with Crippen LogP contribution in [0.2, 0.25) is 0 Å². The molecule has 2 rings (SSSR count). The first-order valence-electron chi connectivity index (χ1n) is 6.63. The number of benzene rings is 1. The first-order chi connectivity index (χ1) is 9.93. The summed E-state index contributed by atoms with van der Waals surface area (Å²) >= 11 is 0. The van der Waals surface area contributed by atoms with Gasteiger partial charge in [0, 0.05) is 26.1 Å². The fourth-order valence-corrected chi connectivity index (χ4v) is 2.56. The number of aromatic carboxylic acids is 1. The van der Waals surface area contributed by atoms with E-state index in [4.69, 9.17) is 5.11 Å². The summed E-state index contributed by atoms with van der Waals surface area (Å²) in [5, 5.41) is 11.3. The molecule has 0 saturated carbocycles. The molecule has 7 heteroatoms. The van der Waals surface area contributed by atoms with Crippen molar-refractivity contribution < 1.29 is 23.5 Å². The van der Waals surface area contributed by atoms with Crippen molar-refractivity contribution in [3.8, 4) is 0 Å². The molecular weight excluding hydrogens is 282 g/mol. The van der Waals surface area contributed by atoms with Crippen LogP contribution in [0.15, 0.2) is 12.1 Å². The van der Waals surface area contributed by atoms with Gasteiger partial charge in [-0.2, -0.15) is 0 Å². The molecule has 2 N–H and O–H groups in total. The Morgan fingerprint density at radius 1 is 1.24 bits per heavy atom. The van der Waals surface area contributed by atoms with Crippen LogP contribution < -0.4 is 10.2 Å². The Morgan fingerprint density at radius 3 is 2.19 bits per heavy atom. The Kier molecular flexibility index (Phi) is 4.40. The number of carboxylic acids is 1. The number of rotatable bonds is 3. The lowest BCUT2D eigenvalue weighted by atomic mass is 9.95. The lowest BCUT2D eigenvalue weighted by Gasteiger charge is -2.33. The van der Waals surface area contributed by atoms with Gasteiger partial charge in [-0.15, -0.1) is 0 Å². The van der Waals surface area contributed by atoms with Gasteiger partial charge in [0.05, 0.1) is 5.56 Å². The Morgan fingerprint density at radius 2 is 1.76 bits per heavy atom. The van der Waals surface area contributed by atoms with Gasteiger partial charge in [-0.05, 0) is 25.0 Å². The first kappa shape index (κ1) is 15.2. The molecule has 0 bridgehead atoms. The molecule has 0 atom stereocenters. The number of carboxylic acid groups (broad SMARTS) is 1. The lowest BCUT2D eigenvalue weighted by Crippen LogP contribution is -2.40. The smallest absolute Gasteiger partial charge is 0.335 e. The van der Waals surface area contributed by atoms with Crippen molar-refractivity contribution in [2.75, 3.05) is 25.0 Å². The highest BCUT2D eigenvalue weighted by molar-refractivity contribution is 5.88. The van der Waals surface area contributed by atoms with Crippen LogP contribution in [0.5, 0.6) is 0 Å². The van der Waals surface area contributed by atoms with Gasteiger partial charge >= 0.3 is 5.97 Å². The summed E-state index contributed by atoms with van der Waals surface area (Å²) in [5.74, 6) is -3.40. The minimum absolute atomic E-state index is 0.0724. The minimum atomic E-state index is -1.38. The molecule has 5 nitrogen and oxygen atoms in total. The number of piperidine rings is 1. The molecule has 0 radical (unpaired) electrons. The molecule has 114 valence electrons. The normalized spacial score (nSPS) is 15.9. The van der Waals surface area contributed by atoms with E-state index in [0.717, 1.165) is 12.1 Å². The number of nitrogens with one attached hydrogen (secondary N) is 1. The van der Waals surface area contributed by atoms with Crippen molar-refractivity contribution in [2.45, 2.75) is 12.8 Å². The van der Waals surface area contributed by atoms with Crippen LogP contribution in [0.3, 0.4) is 0 Å². The van der Waals surface area contributed by atoms with Crippen molar-refractivity contribution in [1.29, 1.82) is 0 Å². The summed E-state index contributed by atoms with van der Waals surface area (Å²) in [5.41, 5.74) is -0.649. The number of halogens is 2. The van der Waals surface area contributed by atoms with Crippen LogP contribution in [-0.2, 0) is 4.79 Å². The molecule has 1 heterocycles. The van der Waals surface area contributed by atoms with Gasteiger partial charge in [-0.3, -0.25) is 4.79 Å². The summed E-state index contributed by atoms with van der Waals surface area (Å²) in [6.07, 6.45) is 0.998. The van der Waals surface area contributed by atoms with Crippen LogP contribution in [0, 0.1) is 17.6 Å². The molecule has 1 aliphatic rings. The first-order valence-corrected chi connectivity index (χ1v) is 6.63. The van der Waals surface area contributed by atoms with Gasteiger partial charge in [-0.25, -0.2) is 13.6 Å². The number of nitrogens with zero attached hydrogens (tertiary/aromatic N) is 1. The van der Waals surface area contributed by atoms with Gasteiger partial charge in [-0.1, -0.05) is 0 Å². The molecule has 1 saturated heterocycles. The average molecular weight is 298 g/mol. The highest BCUT2D eigenvalue weighted by Crippen LogP contribution is 2.29. The molecule has 1 aromatic rings. The number of carbonyl (C=O) groups is 2. The van der Waals surface area contributed by atoms with Crippen molar-refractivity contribution in [2.24, 2.45) is 5.92 Å². The molecule has 1 amide bonds. The van der Waals surface area contributed by atoms with Crippen LogP contribution >= 0.6 is 0 Å². The summed E-state index contributed by atoms with van der Waals surface area (Å²) in [7, 11) is 1.55. The summed E-state index contributed by atoms with van der Waals surface area (Å²) in [4.78, 5) is 23.8. The second-order valence-electron chi connectivity index (χ2n) is 4.97. The molecule has 0 aliphatic carbocycles. The van der Waals surface area contributed by atoms with Gasteiger partial charge in [0.15, 0.2) is 0 Å². The Bertz CT molecular complexity index is 546. The predicted molar refractivity (Wildman–Crippen MR) is 72.3 cm³/mol. The van der Waals surface area contributed by atoms with E-state index in [9.17, 15) is 18.4 Å². The van der Waals surface area contributed by atoms with E-state index in [1.165, 1.54) is 4.90 Å². The van der Waals surface area contributed by atoms with E-state index >= 15 is 0 Å². The van der Waals surface area contributed by atoms with E-state index in [1.54, 1.807) is 7.05 Å². The lowest BCUT2D eigenvalue weighted by molar-refractivity contribution is -0.125. The number of hydrogen-bond acceptors (Lipinski definition) is 3. The topological polar surface area (TPSA) is 69.6 Å². The molecule has 1 aromatic carbocycles. The number of hydrogen-bond donors (Lipinski definition) is 2. The Hall–Kier alpha value is -2.18. The molecule has 21 heavy (non-hydrogen) atoms. The standard InChI is InChI=1S/C14H16F2N2O3/c1-17-13(19)8-2-4-18(5-3-8)12-10(15)6-9(14(20)21)7-11(12)16/h6-8H,2-5H2,1H3,(H,17,19)(H,20,21). The van der Waals surface area contributed by atoms with Crippen LogP contribution in [0.25, 0.3) is 0 Å². The number of anilines is 1. The van der Waals surface area contributed by atoms with E-state index < -0.39 is 23.2 Å². The van der Waals surface area contributed by atoms with E-state index in [2.05, 4.69) is 5.32 Å². The second-order valence-corrected chi connectivity index (χ2v) is 4.97.